The van der Waals surface area contributed by atoms with Gasteiger partial charge in [0, 0.05) is 42.9 Å². The zero-order valence-electron chi connectivity index (χ0n) is 16.5. The van der Waals surface area contributed by atoms with Gasteiger partial charge in [-0.05, 0) is 49.0 Å². The number of likely N-dealkylation sites (tertiary alicyclic amines) is 1. The Morgan fingerprint density at radius 2 is 2.20 bits per heavy atom. The topological polar surface area (TPSA) is 95.3 Å². The first-order valence-corrected chi connectivity index (χ1v) is 10.8. The zero-order valence-corrected chi connectivity index (χ0v) is 17.3. The molecule has 1 atom stereocenters. The average molecular weight is 423 g/mol. The van der Waals surface area contributed by atoms with Gasteiger partial charge in [0.1, 0.15) is 17.2 Å². The first kappa shape index (κ1) is 20.1. The van der Waals surface area contributed by atoms with Crippen LogP contribution in [0.5, 0.6) is 0 Å². The lowest BCUT2D eigenvalue weighted by molar-refractivity contribution is -0.111. The fourth-order valence-electron chi connectivity index (χ4n) is 3.78. The first-order chi connectivity index (χ1) is 14.6. The standard InChI is InChI=1S/C22H22N4O3S/c23-13-18-17-7-6-16(29-22(28)26-10-1-2-11-26)12-19(17)30-21(18)25-20(27)8-5-15-4-3-9-24-14-15/h3-5,8-9,14,16H,1-2,6-7,10-12H2,(H,25,27). The number of amides is 2. The van der Waals surface area contributed by atoms with Crippen molar-refractivity contribution in [2.24, 2.45) is 0 Å². The number of ether oxygens (including phenoxy) is 1. The quantitative estimate of drug-likeness (QED) is 0.757. The number of pyridine rings is 1. The molecule has 2 aliphatic rings. The lowest BCUT2D eigenvalue weighted by atomic mass is 9.94. The van der Waals surface area contributed by atoms with E-state index in [2.05, 4.69) is 16.4 Å². The molecule has 0 bridgehead atoms. The Morgan fingerprint density at radius 3 is 2.93 bits per heavy atom. The molecule has 0 spiro atoms. The van der Waals surface area contributed by atoms with Crippen LogP contribution in [0.3, 0.4) is 0 Å². The van der Waals surface area contributed by atoms with Crippen LogP contribution in [0.15, 0.2) is 30.6 Å². The van der Waals surface area contributed by atoms with Gasteiger partial charge in [-0.2, -0.15) is 5.26 Å². The number of nitrogens with one attached hydrogen (secondary N) is 1. The summed E-state index contributed by atoms with van der Waals surface area (Å²) >= 11 is 1.39. The summed E-state index contributed by atoms with van der Waals surface area (Å²) < 4.78 is 5.69. The van der Waals surface area contributed by atoms with Crippen LogP contribution in [0.25, 0.3) is 6.08 Å². The molecule has 1 N–H and O–H groups in total. The smallest absolute Gasteiger partial charge is 0.410 e. The lowest BCUT2D eigenvalue weighted by Gasteiger charge is -2.25. The van der Waals surface area contributed by atoms with Crippen molar-refractivity contribution >= 4 is 34.4 Å². The SMILES string of the molecule is N#Cc1c(NC(=O)C=Cc2cccnc2)sc2c1CCC(OC(=O)N1CCCC1)C2. The Labute approximate surface area is 179 Å². The van der Waals surface area contributed by atoms with Crippen molar-refractivity contribution in [2.75, 3.05) is 18.4 Å². The molecule has 1 aliphatic carbocycles. The number of rotatable bonds is 4. The van der Waals surface area contributed by atoms with E-state index in [0.717, 1.165) is 41.9 Å². The molecule has 30 heavy (non-hydrogen) atoms. The molecule has 0 radical (unpaired) electrons. The predicted octanol–water partition coefficient (Wildman–Crippen LogP) is 3.76. The van der Waals surface area contributed by atoms with E-state index >= 15 is 0 Å². The summed E-state index contributed by atoms with van der Waals surface area (Å²) in [5.74, 6) is -0.300. The third kappa shape index (κ3) is 4.52. The number of hydrogen-bond acceptors (Lipinski definition) is 6. The monoisotopic (exact) mass is 422 g/mol. The Balaban J connectivity index is 1.42. The maximum atomic E-state index is 12.3. The number of hydrogen-bond donors (Lipinski definition) is 1. The second-order valence-corrected chi connectivity index (χ2v) is 8.48. The fourth-order valence-corrected chi connectivity index (χ4v) is 5.04. The van der Waals surface area contributed by atoms with E-state index in [1.54, 1.807) is 29.4 Å². The molecule has 1 unspecified atom stereocenters. The minimum Gasteiger partial charge on any atom is -0.446 e. The van der Waals surface area contributed by atoms with Crippen molar-refractivity contribution in [3.63, 3.8) is 0 Å². The van der Waals surface area contributed by atoms with Gasteiger partial charge in [0.15, 0.2) is 0 Å². The molecule has 1 aliphatic heterocycles. The normalized spacial score (nSPS) is 18.1. The Kier molecular flexibility index (Phi) is 6.10. The molecular formula is C22H22N4O3S. The van der Waals surface area contributed by atoms with E-state index in [1.165, 1.54) is 17.4 Å². The summed E-state index contributed by atoms with van der Waals surface area (Å²) in [5, 5.41) is 13.0. The largest absolute Gasteiger partial charge is 0.446 e. The summed E-state index contributed by atoms with van der Waals surface area (Å²) in [4.78, 5) is 31.4. The van der Waals surface area contributed by atoms with Crippen molar-refractivity contribution in [3.8, 4) is 6.07 Å². The van der Waals surface area contributed by atoms with Gasteiger partial charge in [-0.3, -0.25) is 9.78 Å². The highest BCUT2D eigenvalue weighted by atomic mass is 32.1. The van der Waals surface area contributed by atoms with Crippen LogP contribution in [0.4, 0.5) is 9.80 Å². The van der Waals surface area contributed by atoms with Crippen molar-refractivity contribution < 1.29 is 14.3 Å². The highest BCUT2D eigenvalue weighted by Gasteiger charge is 2.30. The number of carbonyl (C=O) groups excluding carboxylic acids is 2. The molecule has 1 fully saturated rings. The number of nitrogens with zero attached hydrogens (tertiary/aromatic N) is 3. The zero-order chi connectivity index (χ0) is 20.9. The molecule has 3 heterocycles. The van der Waals surface area contributed by atoms with Gasteiger partial charge >= 0.3 is 6.09 Å². The maximum absolute atomic E-state index is 12.3. The molecular weight excluding hydrogens is 400 g/mol. The van der Waals surface area contributed by atoms with Crippen LogP contribution in [0.1, 0.15) is 40.8 Å². The van der Waals surface area contributed by atoms with Gasteiger partial charge in [0.05, 0.1) is 5.56 Å². The van der Waals surface area contributed by atoms with Gasteiger partial charge in [0.2, 0.25) is 5.91 Å². The second-order valence-electron chi connectivity index (χ2n) is 7.37. The molecule has 0 aromatic carbocycles. The summed E-state index contributed by atoms with van der Waals surface area (Å²) in [6.45, 7) is 1.52. The van der Waals surface area contributed by atoms with Crippen molar-refractivity contribution in [3.05, 3.63) is 52.2 Å². The molecule has 4 rings (SSSR count). The van der Waals surface area contributed by atoms with Crippen LogP contribution in [0, 0.1) is 11.3 Å². The van der Waals surface area contributed by atoms with Gasteiger partial charge in [-0.25, -0.2) is 4.79 Å². The third-order valence-corrected chi connectivity index (χ3v) is 6.48. The summed E-state index contributed by atoms with van der Waals surface area (Å²) in [7, 11) is 0. The summed E-state index contributed by atoms with van der Waals surface area (Å²) in [6.07, 6.45) is 9.98. The number of aromatic nitrogens is 1. The summed E-state index contributed by atoms with van der Waals surface area (Å²) in [6, 6.07) is 5.88. The number of nitriles is 1. The second kappa shape index (κ2) is 9.09. The predicted molar refractivity (Wildman–Crippen MR) is 114 cm³/mol. The summed E-state index contributed by atoms with van der Waals surface area (Å²) in [5.41, 5.74) is 2.30. The van der Waals surface area contributed by atoms with Crippen LogP contribution in [-0.4, -0.2) is 41.1 Å². The van der Waals surface area contributed by atoms with Crippen molar-refractivity contribution in [2.45, 2.75) is 38.2 Å². The highest BCUT2D eigenvalue weighted by molar-refractivity contribution is 7.16. The minimum atomic E-state index is -0.300. The Hall–Kier alpha value is -3.18. The van der Waals surface area contributed by atoms with E-state index in [4.69, 9.17) is 4.74 Å². The molecule has 2 amide bonds. The van der Waals surface area contributed by atoms with E-state index < -0.39 is 0 Å². The maximum Gasteiger partial charge on any atom is 0.410 e. The van der Waals surface area contributed by atoms with Gasteiger partial charge in [-0.15, -0.1) is 11.3 Å². The Bertz CT molecular complexity index is 1000. The van der Waals surface area contributed by atoms with E-state index in [0.29, 0.717) is 29.8 Å². The lowest BCUT2D eigenvalue weighted by Crippen LogP contribution is -2.34. The number of anilines is 1. The molecule has 0 saturated carbocycles. The number of thiophene rings is 1. The van der Waals surface area contributed by atoms with Crippen molar-refractivity contribution in [1.29, 1.82) is 5.26 Å². The van der Waals surface area contributed by atoms with Crippen LogP contribution >= 0.6 is 11.3 Å². The Morgan fingerprint density at radius 1 is 1.37 bits per heavy atom. The molecule has 154 valence electrons. The van der Waals surface area contributed by atoms with Crippen LogP contribution in [0.2, 0.25) is 0 Å². The van der Waals surface area contributed by atoms with Gasteiger partial charge < -0.3 is 15.0 Å². The fraction of sp³-hybridized carbons (Fsp3) is 0.364. The minimum absolute atomic E-state index is 0.190. The number of carbonyl (C=O) groups is 2. The average Bonchev–Trinajstić information content (AvgIpc) is 3.40. The van der Waals surface area contributed by atoms with Gasteiger partial charge in [0.25, 0.3) is 0 Å². The van der Waals surface area contributed by atoms with E-state index in [-0.39, 0.29) is 18.1 Å². The highest BCUT2D eigenvalue weighted by Crippen LogP contribution is 2.38. The van der Waals surface area contributed by atoms with Gasteiger partial charge in [-0.1, -0.05) is 6.07 Å². The molecule has 2 aromatic heterocycles. The van der Waals surface area contributed by atoms with Crippen LogP contribution < -0.4 is 5.32 Å². The van der Waals surface area contributed by atoms with Crippen molar-refractivity contribution in [1.82, 2.24) is 9.88 Å². The van der Waals surface area contributed by atoms with Crippen LogP contribution in [-0.2, 0) is 22.4 Å². The molecule has 7 nitrogen and oxygen atoms in total. The molecule has 8 heteroatoms. The number of fused-ring (bicyclic) bond motifs is 1. The molecule has 1 saturated heterocycles. The molecule has 2 aromatic rings. The third-order valence-electron chi connectivity index (χ3n) is 5.31. The van der Waals surface area contributed by atoms with E-state index in [9.17, 15) is 14.9 Å². The first-order valence-electron chi connectivity index (χ1n) is 10.0. The van der Waals surface area contributed by atoms with E-state index in [1.807, 2.05) is 6.07 Å².